The molecule has 0 aliphatic rings. The fourth-order valence-corrected chi connectivity index (χ4v) is 3.54. The van der Waals surface area contributed by atoms with E-state index >= 15 is 0 Å². The van der Waals surface area contributed by atoms with Crippen LogP contribution in [0.15, 0.2) is 77.7 Å². The molecule has 0 amide bonds. The van der Waals surface area contributed by atoms with Gasteiger partial charge in [-0.05, 0) is 60.2 Å². The van der Waals surface area contributed by atoms with Gasteiger partial charge in [-0.3, -0.25) is 9.52 Å². The summed E-state index contributed by atoms with van der Waals surface area (Å²) in [6.45, 7) is 0. The van der Waals surface area contributed by atoms with Crippen LogP contribution in [0.3, 0.4) is 0 Å². The summed E-state index contributed by atoms with van der Waals surface area (Å²) in [6.07, 6.45) is 2.74. The number of sulfonamides is 1. The van der Waals surface area contributed by atoms with Crippen molar-refractivity contribution >= 4 is 27.6 Å². The Labute approximate surface area is 167 Å². The summed E-state index contributed by atoms with van der Waals surface area (Å²) in [4.78, 5) is 12.4. The Morgan fingerprint density at radius 3 is 2.28 bits per heavy atom. The Bertz CT molecular complexity index is 1180. The van der Waals surface area contributed by atoms with Gasteiger partial charge in [-0.15, -0.1) is 0 Å². The normalized spacial score (nSPS) is 11.4. The van der Waals surface area contributed by atoms with Crippen LogP contribution in [0.25, 0.3) is 6.08 Å². The summed E-state index contributed by atoms with van der Waals surface area (Å²) in [5.41, 5.74) is 0.979. The van der Waals surface area contributed by atoms with Gasteiger partial charge in [0.05, 0.1) is 4.90 Å². The summed E-state index contributed by atoms with van der Waals surface area (Å²) < 4.78 is 27.2. The number of nitrogens with one attached hydrogen (secondary N) is 1. The maximum absolute atomic E-state index is 12.4. The molecule has 8 heteroatoms. The molecule has 3 rings (SSSR count). The summed E-state index contributed by atoms with van der Waals surface area (Å²) in [7, 11) is -3.88. The summed E-state index contributed by atoms with van der Waals surface area (Å²) >= 11 is 0. The maximum Gasteiger partial charge on any atom is 0.261 e. The van der Waals surface area contributed by atoms with Crippen LogP contribution in [-0.4, -0.2) is 29.5 Å². The number of aromatic hydroxyl groups is 3. The van der Waals surface area contributed by atoms with Gasteiger partial charge in [-0.25, -0.2) is 8.42 Å². The zero-order valence-corrected chi connectivity index (χ0v) is 15.8. The van der Waals surface area contributed by atoms with E-state index in [0.29, 0.717) is 5.56 Å². The van der Waals surface area contributed by atoms with Crippen LogP contribution >= 0.6 is 0 Å². The van der Waals surface area contributed by atoms with Crippen LogP contribution in [0.1, 0.15) is 15.9 Å². The van der Waals surface area contributed by atoms with E-state index in [9.17, 15) is 28.5 Å². The molecule has 0 radical (unpaired) electrons. The molecule has 0 fully saturated rings. The SMILES string of the molecule is O=C(/C=C/c1ccc(O)c(O)c1)c1cccc(NS(=O)(=O)c2ccc(O)cc2)c1. The van der Waals surface area contributed by atoms with Gasteiger partial charge < -0.3 is 15.3 Å². The summed E-state index contributed by atoms with van der Waals surface area (Å²) in [6, 6.07) is 15.2. The van der Waals surface area contributed by atoms with Gasteiger partial charge in [0.25, 0.3) is 10.0 Å². The highest BCUT2D eigenvalue weighted by Gasteiger charge is 2.15. The van der Waals surface area contributed by atoms with E-state index in [-0.39, 0.29) is 39.2 Å². The molecule has 4 N–H and O–H groups in total. The van der Waals surface area contributed by atoms with Gasteiger partial charge in [0.15, 0.2) is 17.3 Å². The minimum Gasteiger partial charge on any atom is -0.508 e. The molecule has 0 unspecified atom stereocenters. The molecule has 29 heavy (non-hydrogen) atoms. The lowest BCUT2D eigenvalue weighted by Crippen LogP contribution is -2.13. The number of hydrogen-bond donors (Lipinski definition) is 4. The minimum atomic E-state index is -3.88. The zero-order valence-electron chi connectivity index (χ0n) is 15.0. The molecular formula is C21H17NO6S. The molecule has 0 aliphatic carbocycles. The topological polar surface area (TPSA) is 124 Å². The molecule has 0 aromatic heterocycles. The first-order valence-electron chi connectivity index (χ1n) is 8.41. The highest BCUT2D eigenvalue weighted by atomic mass is 32.2. The number of benzene rings is 3. The number of allylic oxidation sites excluding steroid dienone is 1. The van der Waals surface area contributed by atoms with Crippen molar-refractivity contribution in [3.63, 3.8) is 0 Å². The van der Waals surface area contributed by atoms with Gasteiger partial charge in [0.1, 0.15) is 5.75 Å². The van der Waals surface area contributed by atoms with Crippen molar-refractivity contribution in [1.29, 1.82) is 0 Å². The molecule has 3 aromatic carbocycles. The standard InChI is InChI=1S/C21H17NO6S/c23-17-6-8-18(9-7-17)29(27,28)22-16-3-1-2-15(13-16)19(24)10-4-14-5-11-20(25)21(26)12-14/h1-13,22-23,25-26H/b10-4+. The summed E-state index contributed by atoms with van der Waals surface area (Å²) in [5.74, 6) is -0.985. The highest BCUT2D eigenvalue weighted by molar-refractivity contribution is 7.92. The second kappa shape index (κ2) is 8.07. The molecule has 0 saturated carbocycles. The molecule has 0 bridgehead atoms. The maximum atomic E-state index is 12.4. The fraction of sp³-hybridized carbons (Fsp3) is 0. The van der Waals surface area contributed by atoms with E-state index in [2.05, 4.69) is 4.72 Å². The van der Waals surface area contributed by atoms with E-state index in [0.717, 1.165) is 0 Å². The van der Waals surface area contributed by atoms with E-state index in [1.54, 1.807) is 12.1 Å². The predicted molar refractivity (Wildman–Crippen MR) is 108 cm³/mol. The Morgan fingerprint density at radius 2 is 1.59 bits per heavy atom. The van der Waals surface area contributed by atoms with E-state index in [1.807, 2.05) is 0 Å². The van der Waals surface area contributed by atoms with Crippen LogP contribution in [0.5, 0.6) is 17.2 Å². The average molecular weight is 411 g/mol. The molecule has 0 atom stereocenters. The largest absolute Gasteiger partial charge is 0.508 e. The van der Waals surface area contributed by atoms with Crippen LogP contribution in [0.4, 0.5) is 5.69 Å². The van der Waals surface area contributed by atoms with Crippen LogP contribution in [0.2, 0.25) is 0 Å². The van der Waals surface area contributed by atoms with Crippen molar-refractivity contribution in [1.82, 2.24) is 0 Å². The van der Waals surface area contributed by atoms with Gasteiger partial charge in [0, 0.05) is 11.3 Å². The predicted octanol–water partition coefficient (Wildman–Crippen LogP) is 3.50. The number of ketones is 1. The lowest BCUT2D eigenvalue weighted by molar-refractivity contribution is 0.104. The van der Waals surface area contributed by atoms with E-state index < -0.39 is 10.0 Å². The number of anilines is 1. The number of hydrogen-bond acceptors (Lipinski definition) is 6. The third kappa shape index (κ3) is 4.94. The van der Waals surface area contributed by atoms with Crippen molar-refractivity contribution in [2.75, 3.05) is 4.72 Å². The van der Waals surface area contributed by atoms with Crippen molar-refractivity contribution in [2.24, 2.45) is 0 Å². The first-order valence-corrected chi connectivity index (χ1v) is 9.89. The molecule has 0 aliphatic heterocycles. The fourth-order valence-electron chi connectivity index (χ4n) is 2.49. The monoisotopic (exact) mass is 411 g/mol. The first-order chi connectivity index (χ1) is 13.7. The van der Waals surface area contributed by atoms with Crippen molar-refractivity contribution < 1.29 is 28.5 Å². The Balaban J connectivity index is 1.78. The molecular weight excluding hydrogens is 394 g/mol. The van der Waals surface area contributed by atoms with Gasteiger partial charge >= 0.3 is 0 Å². The van der Waals surface area contributed by atoms with E-state index in [4.69, 9.17) is 0 Å². The highest BCUT2D eigenvalue weighted by Crippen LogP contribution is 2.25. The van der Waals surface area contributed by atoms with Crippen molar-refractivity contribution in [3.05, 3.63) is 83.9 Å². The second-order valence-electron chi connectivity index (χ2n) is 6.13. The number of rotatable bonds is 6. The van der Waals surface area contributed by atoms with Gasteiger partial charge in [-0.2, -0.15) is 0 Å². The minimum absolute atomic E-state index is 0.0286. The zero-order chi connectivity index (χ0) is 21.0. The number of carbonyl (C=O) groups excluding carboxylic acids is 1. The third-order valence-electron chi connectivity index (χ3n) is 3.97. The molecule has 148 valence electrons. The molecule has 3 aromatic rings. The average Bonchev–Trinajstić information content (AvgIpc) is 2.69. The van der Waals surface area contributed by atoms with Crippen molar-refractivity contribution in [3.8, 4) is 17.2 Å². The Morgan fingerprint density at radius 1 is 0.862 bits per heavy atom. The number of phenolic OH excluding ortho intramolecular Hbond substituents is 3. The molecule has 0 heterocycles. The van der Waals surface area contributed by atoms with Crippen LogP contribution in [-0.2, 0) is 10.0 Å². The van der Waals surface area contributed by atoms with Crippen LogP contribution < -0.4 is 4.72 Å². The quantitative estimate of drug-likeness (QED) is 0.280. The molecule has 0 saturated heterocycles. The molecule has 0 spiro atoms. The smallest absolute Gasteiger partial charge is 0.261 e. The number of phenols is 3. The third-order valence-corrected chi connectivity index (χ3v) is 5.37. The lowest BCUT2D eigenvalue weighted by atomic mass is 10.1. The Hall–Kier alpha value is -3.78. The van der Waals surface area contributed by atoms with Gasteiger partial charge in [0.2, 0.25) is 0 Å². The second-order valence-corrected chi connectivity index (χ2v) is 7.81. The summed E-state index contributed by atoms with van der Waals surface area (Å²) in [5, 5.41) is 28.1. The van der Waals surface area contributed by atoms with Crippen molar-refractivity contribution in [2.45, 2.75) is 4.90 Å². The van der Waals surface area contributed by atoms with Gasteiger partial charge in [-0.1, -0.05) is 24.3 Å². The molecule has 7 nitrogen and oxygen atoms in total. The first kappa shape index (κ1) is 20.0. The van der Waals surface area contributed by atoms with Crippen LogP contribution in [0, 0.1) is 0 Å². The number of carbonyl (C=O) groups is 1. The Kier molecular flexibility index (Phi) is 5.56. The van der Waals surface area contributed by atoms with E-state index in [1.165, 1.54) is 66.7 Å². The lowest BCUT2D eigenvalue weighted by Gasteiger charge is -2.09.